The third kappa shape index (κ3) is 3.77. The zero-order chi connectivity index (χ0) is 22.2. The van der Waals surface area contributed by atoms with Gasteiger partial charge in [0.1, 0.15) is 6.04 Å². The highest BCUT2D eigenvalue weighted by Gasteiger charge is 2.42. The fourth-order valence-corrected chi connectivity index (χ4v) is 4.77. The van der Waals surface area contributed by atoms with E-state index >= 15 is 0 Å². The van der Waals surface area contributed by atoms with Crippen LogP contribution in [0.3, 0.4) is 0 Å². The van der Waals surface area contributed by atoms with Crippen molar-refractivity contribution in [3.63, 3.8) is 0 Å². The van der Waals surface area contributed by atoms with Crippen molar-refractivity contribution in [3.8, 4) is 5.69 Å². The van der Waals surface area contributed by atoms with E-state index in [1.54, 1.807) is 0 Å². The molecule has 0 amide bonds. The van der Waals surface area contributed by atoms with Crippen LogP contribution in [0.25, 0.3) is 5.69 Å². The van der Waals surface area contributed by atoms with Gasteiger partial charge in [-0.15, -0.1) is 0 Å². The van der Waals surface area contributed by atoms with Crippen LogP contribution in [0.1, 0.15) is 29.0 Å². The molecule has 0 radical (unpaired) electrons. The van der Waals surface area contributed by atoms with Crippen LogP contribution in [0.15, 0.2) is 85.2 Å². The highest BCUT2D eigenvalue weighted by atomic mass is 35.5. The molecule has 0 saturated carbocycles. The van der Waals surface area contributed by atoms with Gasteiger partial charge >= 0.3 is 0 Å². The highest BCUT2D eigenvalue weighted by Crippen LogP contribution is 2.42. The van der Waals surface area contributed by atoms with Crippen molar-refractivity contribution in [1.82, 2.24) is 14.9 Å². The van der Waals surface area contributed by atoms with Gasteiger partial charge in [0, 0.05) is 39.5 Å². The van der Waals surface area contributed by atoms with Gasteiger partial charge in [-0.3, -0.25) is 4.98 Å². The summed E-state index contributed by atoms with van der Waals surface area (Å²) in [5.41, 5.74) is 5.05. The lowest BCUT2D eigenvalue weighted by atomic mass is 10.0. The number of anilines is 1. The zero-order valence-corrected chi connectivity index (χ0v) is 19.6. The van der Waals surface area contributed by atoms with Crippen LogP contribution in [0.5, 0.6) is 0 Å². The molecule has 32 heavy (non-hydrogen) atoms. The molecule has 5 rings (SSSR count). The lowest BCUT2D eigenvalue weighted by Gasteiger charge is -2.29. The van der Waals surface area contributed by atoms with Crippen molar-refractivity contribution in [2.45, 2.75) is 19.0 Å². The first-order chi connectivity index (χ1) is 15.5. The number of hydrogen-bond donors (Lipinski definition) is 1. The molecule has 160 valence electrons. The number of benzene rings is 2. The van der Waals surface area contributed by atoms with Crippen molar-refractivity contribution in [2.75, 3.05) is 4.90 Å². The number of nitrogens with zero attached hydrogens (tertiary/aromatic N) is 3. The van der Waals surface area contributed by atoms with E-state index in [0.29, 0.717) is 10.1 Å². The van der Waals surface area contributed by atoms with Crippen molar-refractivity contribution in [1.29, 1.82) is 0 Å². The minimum atomic E-state index is -0.124. The normalized spacial score (nSPS) is 18.1. The van der Waals surface area contributed by atoms with E-state index in [9.17, 15) is 0 Å². The van der Waals surface area contributed by atoms with Gasteiger partial charge < -0.3 is 14.8 Å². The number of halogens is 2. The molecule has 0 aliphatic carbocycles. The molecular weight excluding hydrogens is 459 g/mol. The van der Waals surface area contributed by atoms with E-state index in [-0.39, 0.29) is 12.1 Å². The van der Waals surface area contributed by atoms with Crippen LogP contribution in [0.4, 0.5) is 5.69 Å². The van der Waals surface area contributed by atoms with Crippen LogP contribution in [-0.4, -0.2) is 14.7 Å². The van der Waals surface area contributed by atoms with Gasteiger partial charge in [0.15, 0.2) is 5.11 Å². The lowest BCUT2D eigenvalue weighted by Crippen LogP contribution is -2.30. The molecule has 4 nitrogen and oxygen atoms in total. The van der Waals surface area contributed by atoms with Crippen LogP contribution < -0.4 is 10.2 Å². The smallest absolute Gasteiger partial charge is 0.174 e. The average molecular weight is 479 g/mol. The number of hydrogen-bond acceptors (Lipinski definition) is 2. The van der Waals surface area contributed by atoms with Gasteiger partial charge in [-0.2, -0.15) is 0 Å². The Labute approximate surface area is 202 Å². The first kappa shape index (κ1) is 21.0. The first-order valence-corrected chi connectivity index (χ1v) is 11.4. The average Bonchev–Trinajstić information content (AvgIpc) is 3.41. The molecule has 1 N–H and O–H groups in total. The van der Waals surface area contributed by atoms with Crippen LogP contribution in [0.2, 0.25) is 10.0 Å². The number of rotatable bonds is 4. The maximum absolute atomic E-state index is 6.28. The van der Waals surface area contributed by atoms with E-state index in [1.165, 1.54) is 0 Å². The van der Waals surface area contributed by atoms with Crippen molar-refractivity contribution in [2.24, 2.45) is 0 Å². The summed E-state index contributed by atoms with van der Waals surface area (Å²) >= 11 is 18.2. The number of aryl methyl sites for hydroxylation is 1. The Bertz CT molecular complexity index is 1270. The van der Waals surface area contributed by atoms with E-state index in [1.807, 2.05) is 67.7 Å². The van der Waals surface area contributed by atoms with Gasteiger partial charge in [0.05, 0.1) is 11.7 Å². The number of pyridine rings is 1. The highest BCUT2D eigenvalue weighted by molar-refractivity contribution is 7.80. The predicted octanol–water partition coefficient (Wildman–Crippen LogP) is 6.66. The quantitative estimate of drug-likeness (QED) is 0.332. The summed E-state index contributed by atoms with van der Waals surface area (Å²) in [5, 5.41) is 5.58. The van der Waals surface area contributed by atoms with Gasteiger partial charge in [-0.25, -0.2) is 0 Å². The molecule has 2 aromatic heterocycles. The minimum absolute atomic E-state index is 0.121. The number of thiocarbonyl (C=S) groups is 1. The van der Waals surface area contributed by atoms with E-state index in [0.717, 1.165) is 33.3 Å². The van der Waals surface area contributed by atoms with Gasteiger partial charge in [0.2, 0.25) is 0 Å². The first-order valence-electron chi connectivity index (χ1n) is 10.2. The third-order valence-corrected chi connectivity index (χ3v) is 6.70. The molecule has 1 saturated heterocycles. The molecule has 1 aliphatic rings. The number of aromatic nitrogens is 2. The Balaban J connectivity index is 1.67. The molecule has 4 aromatic rings. The summed E-state index contributed by atoms with van der Waals surface area (Å²) in [5.74, 6) is 0. The standard InChI is InChI=1S/C25H20Cl2N4S/c1-16-15-19(11-12-20(16)27)30-14-4-6-22(30)24-23(21-5-2-3-13-28-21)29-25(32)31(24)18-9-7-17(26)8-10-18/h2-15,23-24H,1H3,(H,29,32)/t23-,24+/m0/s1. The second-order valence-electron chi connectivity index (χ2n) is 7.71. The van der Waals surface area contributed by atoms with Crippen LogP contribution in [-0.2, 0) is 0 Å². The lowest BCUT2D eigenvalue weighted by molar-refractivity contribution is 0.549. The molecule has 3 heterocycles. The maximum Gasteiger partial charge on any atom is 0.174 e. The molecule has 2 atom stereocenters. The SMILES string of the molecule is Cc1cc(-n2cccc2[C@@H]2[C@H](c3ccccn3)NC(=S)N2c2ccc(Cl)cc2)ccc1Cl. The van der Waals surface area contributed by atoms with Crippen molar-refractivity contribution < 1.29 is 0 Å². The molecule has 1 fully saturated rings. The summed E-state index contributed by atoms with van der Waals surface area (Å²) in [6.07, 6.45) is 3.87. The Kier molecular flexibility index (Phi) is 5.64. The minimum Gasteiger partial charge on any atom is -0.351 e. The molecule has 2 aromatic carbocycles. The monoisotopic (exact) mass is 478 g/mol. The number of nitrogens with one attached hydrogen (secondary N) is 1. The van der Waals surface area contributed by atoms with Gasteiger partial charge in [0.25, 0.3) is 0 Å². The summed E-state index contributed by atoms with van der Waals surface area (Å²) in [7, 11) is 0. The summed E-state index contributed by atoms with van der Waals surface area (Å²) < 4.78 is 2.18. The second kappa shape index (κ2) is 8.58. The summed E-state index contributed by atoms with van der Waals surface area (Å²) in [6.45, 7) is 2.01. The predicted molar refractivity (Wildman–Crippen MR) is 135 cm³/mol. The molecule has 1 aliphatic heterocycles. The Morgan fingerprint density at radius 2 is 1.72 bits per heavy atom. The van der Waals surface area contributed by atoms with Crippen LogP contribution in [0, 0.1) is 6.92 Å². The zero-order valence-electron chi connectivity index (χ0n) is 17.2. The summed E-state index contributed by atoms with van der Waals surface area (Å²) in [4.78, 5) is 6.77. The second-order valence-corrected chi connectivity index (χ2v) is 8.94. The summed E-state index contributed by atoms with van der Waals surface area (Å²) in [6, 6.07) is 23.7. The van der Waals surface area contributed by atoms with E-state index in [2.05, 4.69) is 44.2 Å². The topological polar surface area (TPSA) is 33.1 Å². The molecule has 0 bridgehead atoms. The van der Waals surface area contributed by atoms with Crippen molar-refractivity contribution in [3.05, 3.63) is 112 Å². The Hall–Kier alpha value is -2.86. The van der Waals surface area contributed by atoms with E-state index < -0.39 is 0 Å². The Morgan fingerprint density at radius 3 is 2.44 bits per heavy atom. The van der Waals surface area contributed by atoms with Crippen LogP contribution >= 0.6 is 35.4 Å². The Morgan fingerprint density at radius 1 is 0.938 bits per heavy atom. The molecular formula is C25H20Cl2N4S. The molecule has 0 unspecified atom stereocenters. The molecule has 7 heteroatoms. The van der Waals surface area contributed by atoms with Gasteiger partial charge in [-0.05, 0) is 91.4 Å². The van der Waals surface area contributed by atoms with Crippen molar-refractivity contribution >= 4 is 46.2 Å². The fraction of sp³-hybridized carbons (Fsp3) is 0.120. The van der Waals surface area contributed by atoms with E-state index in [4.69, 9.17) is 35.4 Å². The largest absolute Gasteiger partial charge is 0.351 e. The van der Waals surface area contributed by atoms with Gasteiger partial charge in [-0.1, -0.05) is 29.3 Å². The third-order valence-electron chi connectivity index (χ3n) is 5.71. The molecule has 0 spiro atoms. The fourth-order valence-electron chi connectivity index (χ4n) is 4.18. The maximum atomic E-state index is 6.28.